The number of sulfonamides is 1. The van der Waals surface area contributed by atoms with Crippen molar-refractivity contribution in [3.05, 3.63) is 60.2 Å². The quantitative estimate of drug-likeness (QED) is 0.338. The Labute approximate surface area is 241 Å². The van der Waals surface area contributed by atoms with Gasteiger partial charge in [0.05, 0.1) is 49.4 Å². The number of rotatable bonds is 12. The molecule has 2 aromatic rings. The minimum atomic E-state index is -3.97. The number of aliphatic hydroxyl groups excluding tert-OH is 2. The number of fused-ring (bicyclic) bond motifs is 1. The summed E-state index contributed by atoms with van der Waals surface area (Å²) in [6.07, 6.45) is -3.51. The Morgan fingerprint density at radius 3 is 2.46 bits per heavy atom. The average Bonchev–Trinajstić information content (AvgIpc) is 3.34. The topological polar surface area (TPSA) is 144 Å². The molecule has 0 radical (unpaired) electrons. The lowest BCUT2D eigenvalue weighted by molar-refractivity contribution is -0.183. The maximum Gasteiger partial charge on any atom is 0.407 e. The van der Waals surface area contributed by atoms with Gasteiger partial charge < -0.3 is 34.5 Å². The highest BCUT2D eigenvalue weighted by molar-refractivity contribution is 7.89. The predicted molar refractivity (Wildman–Crippen MR) is 150 cm³/mol. The van der Waals surface area contributed by atoms with Gasteiger partial charge in [-0.2, -0.15) is 4.31 Å². The second-order valence-corrected chi connectivity index (χ2v) is 12.8. The number of alkyl carbamates (subject to hydrolysis) is 1. The summed E-state index contributed by atoms with van der Waals surface area (Å²) >= 11 is 0. The number of benzene rings is 2. The maximum atomic E-state index is 13.6. The summed E-state index contributed by atoms with van der Waals surface area (Å²) < 4.78 is 50.3. The van der Waals surface area contributed by atoms with Gasteiger partial charge >= 0.3 is 6.09 Å². The van der Waals surface area contributed by atoms with Gasteiger partial charge in [0.1, 0.15) is 11.9 Å². The highest BCUT2D eigenvalue weighted by atomic mass is 32.2. The highest BCUT2D eigenvalue weighted by Crippen LogP contribution is 2.33. The van der Waals surface area contributed by atoms with Gasteiger partial charge in [-0.1, -0.05) is 44.2 Å². The Bertz CT molecular complexity index is 1220. The number of hydrogen-bond acceptors (Lipinski definition) is 9. The summed E-state index contributed by atoms with van der Waals surface area (Å²) in [5.74, 6) is -0.0111. The van der Waals surface area contributed by atoms with Crippen LogP contribution in [0.5, 0.6) is 5.75 Å². The third-order valence-corrected chi connectivity index (χ3v) is 9.13. The summed E-state index contributed by atoms with van der Waals surface area (Å²) in [7, 11) is -2.47. The first-order valence-electron chi connectivity index (χ1n) is 13.8. The van der Waals surface area contributed by atoms with Crippen LogP contribution in [-0.2, 0) is 30.7 Å². The minimum absolute atomic E-state index is 0.0257. The van der Waals surface area contributed by atoms with Crippen LogP contribution in [-0.4, -0.2) is 93.1 Å². The van der Waals surface area contributed by atoms with Crippen LogP contribution in [0.25, 0.3) is 0 Å². The summed E-state index contributed by atoms with van der Waals surface area (Å²) in [6.45, 7) is 4.11. The van der Waals surface area contributed by atoms with E-state index in [9.17, 15) is 23.4 Å². The molecule has 12 heteroatoms. The van der Waals surface area contributed by atoms with Crippen LogP contribution in [0.2, 0.25) is 0 Å². The number of carbonyl (C=O) groups excluding carboxylic acids is 1. The second-order valence-electron chi connectivity index (χ2n) is 10.8. The van der Waals surface area contributed by atoms with Gasteiger partial charge in [0.15, 0.2) is 6.29 Å². The molecule has 2 saturated heterocycles. The monoisotopic (exact) mass is 592 g/mol. The molecular formula is C29H40N2O9S. The van der Waals surface area contributed by atoms with Gasteiger partial charge in [0.2, 0.25) is 10.0 Å². The van der Waals surface area contributed by atoms with Crippen molar-refractivity contribution in [2.24, 2.45) is 11.8 Å². The molecule has 0 bridgehead atoms. The minimum Gasteiger partial charge on any atom is -0.497 e. The molecule has 0 spiro atoms. The molecule has 2 aliphatic heterocycles. The van der Waals surface area contributed by atoms with Crippen molar-refractivity contribution < 1.29 is 42.4 Å². The third kappa shape index (κ3) is 7.97. The van der Waals surface area contributed by atoms with Crippen molar-refractivity contribution in [1.29, 1.82) is 0 Å². The molecule has 226 valence electrons. The number of amides is 1. The van der Waals surface area contributed by atoms with E-state index < -0.39 is 52.7 Å². The smallest absolute Gasteiger partial charge is 0.407 e. The highest BCUT2D eigenvalue weighted by Gasteiger charge is 2.47. The molecule has 6 atom stereocenters. The van der Waals surface area contributed by atoms with Crippen LogP contribution in [0.15, 0.2) is 59.5 Å². The van der Waals surface area contributed by atoms with Gasteiger partial charge in [-0.3, -0.25) is 0 Å². The summed E-state index contributed by atoms with van der Waals surface area (Å²) in [4.78, 5) is 13.2. The van der Waals surface area contributed by atoms with Crippen molar-refractivity contribution in [1.82, 2.24) is 9.62 Å². The van der Waals surface area contributed by atoms with Crippen LogP contribution in [0.1, 0.15) is 25.8 Å². The Kier molecular flexibility index (Phi) is 10.6. The number of ether oxygens (including phenoxy) is 4. The third-order valence-electron chi connectivity index (χ3n) is 7.28. The van der Waals surface area contributed by atoms with Crippen molar-refractivity contribution in [3.8, 4) is 5.75 Å². The fourth-order valence-corrected chi connectivity index (χ4v) is 6.82. The van der Waals surface area contributed by atoms with Crippen LogP contribution >= 0.6 is 0 Å². The normalized spacial score (nSPS) is 24.1. The number of methoxy groups -OCH3 is 1. The molecule has 41 heavy (non-hydrogen) atoms. The van der Waals surface area contributed by atoms with Crippen LogP contribution in [0.3, 0.4) is 0 Å². The van der Waals surface area contributed by atoms with E-state index >= 15 is 0 Å². The number of nitrogens with zero attached hydrogens (tertiary/aromatic N) is 1. The molecule has 2 aliphatic rings. The van der Waals surface area contributed by atoms with E-state index in [1.165, 1.54) is 23.5 Å². The molecule has 0 aromatic heterocycles. The van der Waals surface area contributed by atoms with E-state index in [1.807, 2.05) is 44.2 Å². The fourth-order valence-electron chi connectivity index (χ4n) is 5.19. The SMILES string of the molecule is COc1ccc(S(=O)(=O)N(CC(C)C)C[C@@H](O)[C@H](Cc2ccccc2)NC(=O)O[C@H]2CCO[C@H]3OCC(O)C32)cc1. The van der Waals surface area contributed by atoms with E-state index in [2.05, 4.69) is 5.32 Å². The molecule has 2 fully saturated rings. The van der Waals surface area contributed by atoms with E-state index in [0.717, 1.165) is 5.56 Å². The zero-order chi connectivity index (χ0) is 29.6. The molecule has 2 heterocycles. The Morgan fingerprint density at radius 2 is 1.80 bits per heavy atom. The van der Waals surface area contributed by atoms with Crippen molar-refractivity contribution in [2.45, 2.75) is 62.2 Å². The van der Waals surface area contributed by atoms with Crippen LogP contribution in [0, 0.1) is 11.8 Å². The second kappa shape index (κ2) is 14.0. The van der Waals surface area contributed by atoms with Crippen molar-refractivity contribution in [2.75, 3.05) is 33.4 Å². The summed E-state index contributed by atoms with van der Waals surface area (Å²) in [5.41, 5.74) is 0.844. The molecule has 1 amide bonds. The van der Waals surface area contributed by atoms with Gasteiger partial charge in [-0.05, 0) is 42.2 Å². The standard InChI is InChI=1S/C29H40N2O9S/c1-19(2)16-31(41(35,36)22-11-9-21(37-3)10-12-22)17-24(32)23(15-20-7-5-4-6-8-20)30-29(34)40-26-13-14-38-28-27(26)25(33)18-39-28/h4-12,19,23-28,32-33H,13-18H2,1-3H3,(H,30,34)/t23-,24+,25?,26-,27?,28-/m0/s1. The Hall–Kier alpha value is -2.74. The van der Waals surface area contributed by atoms with E-state index in [-0.39, 0.29) is 36.9 Å². The zero-order valence-corrected chi connectivity index (χ0v) is 24.4. The first kappa shape index (κ1) is 31.2. The fraction of sp³-hybridized carbons (Fsp3) is 0.552. The number of nitrogens with one attached hydrogen (secondary N) is 1. The molecule has 0 saturated carbocycles. The van der Waals surface area contributed by atoms with E-state index in [0.29, 0.717) is 18.8 Å². The van der Waals surface area contributed by atoms with E-state index in [1.54, 1.807) is 12.1 Å². The predicted octanol–water partition coefficient (Wildman–Crippen LogP) is 2.16. The van der Waals surface area contributed by atoms with Crippen LogP contribution in [0.4, 0.5) is 4.79 Å². The number of aliphatic hydroxyl groups is 2. The first-order chi connectivity index (χ1) is 19.6. The Morgan fingerprint density at radius 1 is 1.10 bits per heavy atom. The molecular weight excluding hydrogens is 552 g/mol. The largest absolute Gasteiger partial charge is 0.497 e. The van der Waals surface area contributed by atoms with Crippen LogP contribution < -0.4 is 10.1 Å². The molecule has 4 rings (SSSR count). The molecule has 3 N–H and O–H groups in total. The van der Waals surface area contributed by atoms with Gasteiger partial charge in [-0.15, -0.1) is 0 Å². The van der Waals surface area contributed by atoms with E-state index in [4.69, 9.17) is 18.9 Å². The lowest BCUT2D eigenvalue weighted by Crippen LogP contribution is -2.52. The summed E-state index contributed by atoms with van der Waals surface area (Å²) in [5, 5.41) is 24.5. The molecule has 2 aromatic carbocycles. The maximum absolute atomic E-state index is 13.6. The average molecular weight is 593 g/mol. The van der Waals surface area contributed by atoms with Crippen molar-refractivity contribution in [3.63, 3.8) is 0 Å². The molecule has 0 aliphatic carbocycles. The molecule has 2 unspecified atom stereocenters. The molecule has 11 nitrogen and oxygen atoms in total. The van der Waals surface area contributed by atoms with Gasteiger partial charge in [0.25, 0.3) is 0 Å². The van der Waals surface area contributed by atoms with Gasteiger partial charge in [-0.25, -0.2) is 13.2 Å². The van der Waals surface area contributed by atoms with Gasteiger partial charge in [0, 0.05) is 19.5 Å². The lowest BCUT2D eigenvalue weighted by atomic mass is 9.93. The first-order valence-corrected chi connectivity index (χ1v) is 15.3. The number of hydrogen-bond donors (Lipinski definition) is 3. The zero-order valence-electron chi connectivity index (χ0n) is 23.6. The lowest BCUT2D eigenvalue weighted by Gasteiger charge is -2.34. The Balaban J connectivity index is 1.52. The van der Waals surface area contributed by atoms with Crippen molar-refractivity contribution >= 4 is 16.1 Å². The number of carbonyl (C=O) groups is 1. The summed E-state index contributed by atoms with van der Waals surface area (Å²) in [6, 6.07) is 14.5.